The molecule has 6 nitrogen and oxygen atoms in total. The second-order valence-electron chi connectivity index (χ2n) is 8.09. The number of aromatic nitrogens is 2. The van der Waals surface area contributed by atoms with Crippen molar-refractivity contribution in [2.45, 2.75) is 32.7 Å². The number of hydrogen-bond acceptors (Lipinski definition) is 4. The summed E-state index contributed by atoms with van der Waals surface area (Å²) >= 11 is 0. The zero-order chi connectivity index (χ0) is 22.5. The Hall–Kier alpha value is -3.48. The highest BCUT2D eigenvalue weighted by Gasteiger charge is 2.26. The van der Waals surface area contributed by atoms with Crippen LogP contribution in [0, 0.1) is 11.7 Å². The molecule has 1 fully saturated rings. The number of halogens is 1. The maximum absolute atomic E-state index is 13.2. The molecule has 4 rings (SSSR count). The van der Waals surface area contributed by atoms with Crippen molar-refractivity contribution in [3.63, 3.8) is 0 Å². The first kappa shape index (κ1) is 21.7. The van der Waals surface area contributed by atoms with Crippen molar-refractivity contribution in [1.82, 2.24) is 15.1 Å². The number of carbonyl (C=O) groups is 1. The predicted octanol–water partition coefficient (Wildman–Crippen LogP) is 3.47. The average molecular weight is 435 g/mol. The van der Waals surface area contributed by atoms with Crippen LogP contribution < -0.4 is 15.8 Å². The van der Waals surface area contributed by atoms with Gasteiger partial charge in [-0.15, -0.1) is 5.10 Å². The van der Waals surface area contributed by atoms with E-state index in [2.05, 4.69) is 41.6 Å². The lowest BCUT2D eigenvalue weighted by molar-refractivity contribution is -0.125. The molecule has 2 aromatic carbocycles. The lowest BCUT2D eigenvalue weighted by Crippen LogP contribution is -2.43. The van der Waals surface area contributed by atoms with Crippen molar-refractivity contribution in [3.05, 3.63) is 88.0 Å². The Labute approximate surface area is 186 Å². The van der Waals surface area contributed by atoms with E-state index in [1.807, 2.05) is 4.90 Å². The minimum atomic E-state index is -0.371. The van der Waals surface area contributed by atoms with Gasteiger partial charge in [-0.05, 0) is 60.7 Å². The standard InChI is InChI=1S/C25H27FN4O2/c1-2-18-5-7-19(8-6-18)16-27-25(32)20-4-3-15-29(17-20)23-13-14-24(31)30(28-23)22-11-9-21(26)10-12-22/h5-14,20H,2-4,15-17H2,1H3,(H,27,32)/t20-/m0/s1. The fourth-order valence-electron chi connectivity index (χ4n) is 3.96. The van der Waals surface area contributed by atoms with Gasteiger partial charge < -0.3 is 10.2 Å². The van der Waals surface area contributed by atoms with Crippen molar-refractivity contribution in [2.24, 2.45) is 5.92 Å². The summed E-state index contributed by atoms with van der Waals surface area (Å²) in [5.41, 5.74) is 2.56. The Morgan fingerprint density at radius 2 is 1.78 bits per heavy atom. The van der Waals surface area contributed by atoms with Crippen LogP contribution in [-0.4, -0.2) is 28.8 Å². The van der Waals surface area contributed by atoms with Gasteiger partial charge in [0.05, 0.1) is 11.6 Å². The van der Waals surface area contributed by atoms with E-state index in [-0.39, 0.29) is 23.2 Å². The molecule has 1 aliphatic heterocycles. The Kier molecular flexibility index (Phi) is 6.63. The molecule has 1 saturated heterocycles. The van der Waals surface area contributed by atoms with Crippen LogP contribution in [-0.2, 0) is 17.8 Å². The summed E-state index contributed by atoms with van der Waals surface area (Å²) in [6, 6.07) is 17.1. The van der Waals surface area contributed by atoms with Gasteiger partial charge in [0.15, 0.2) is 0 Å². The van der Waals surface area contributed by atoms with Gasteiger partial charge in [0, 0.05) is 25.7 Å². The molecule has 1 aromatic heterocycles. The van der Waals surface area contributed by atoms with E-state index < -0.39 is 0 Å². The van der Waals surface area contributed by atoms with E-state index in [1.165, 1.54) is 40.6 Å². The summed E-state index contributed by atoms with van der Waals surface area (Å²) in [7, 11) is 0. The number of anilines is 1. The van der Waals surface area contributed by atoms with Crippen LogP contribution in [0.25, 0.3) is 5.69 Å². The van der Waals surface area contributed by atoms with Crippen LogP contribution in [0.2, 0.25) is 0 Å². The topological polar surface area (TPSA) is 67.2 Å². The molecular weight excluding hydrogens is 407 g/mol. The number of carbonyl (C=O) groups excluding carboxylic acids is 1. The van der Waals surface area contributed by atoms with Gasteiger partial charge in [-0.3, -0.25) is 9.59 Å². The molecule has 3 aromatic rings. The number of amides is 1. The van der Waals surface area contributed by atoms with Gasteiger partial charge in [-0.1, -0.05) is 31.2 Å². The van der Waals surface area contributed by atoms with E-state index >= 15 is 0 Å². The van der Waals surface area contributed by atoms with E-state index in [0.29, 0.717) is 24.6 Å². The Morgan fingerprint density at radius 1 is 1.06 bits per heavy atom. The zero-order valence-electron chi connectivity index (χ0n) is 18.1. The third-order valence-corrected chi connectivity index (χ3v) is 5.87. The summed E-state index contributed by atoms with van der Waals surface area (Å²) in [6.07, 6.45) is 2.67. The van der Waals surface area contributed by atoms with Gasteiger partial charge in [-0.25, -0.2) is 4.39 Å². The molecule has 1 N–H and O–H groups in total. The highest BCUT2D eigenvalue weighted by Crippen LogP contribution is 2.22. The summed E-state index contributed by atoms with van der Waals surface area (Å²) in [4.78, 5) is 27.1. The Balaban J connectivity index is 1.43. The smallest absolute Gasteiger partial charge is 0.271 e. The first-order valence-electron chi connectivity index (χ1n) is 11.0. The largest absolute Gasteiger partial charge is 0.354 e. The summed E-state index contributed by atoms with van der Waals surface area (Å²) in [5, 5.41) is 7.53. The molecule has 0 saturated carbocycles. The maximum atomic E-state index is 13.2. The van der Waals surface area contributed by atoms with Crippen LogP contribution in [0.15, 0.2) is 65.5 Å². The third kappa shape index (κ3) is 5.04. The normalized spacial score (nSPS) is 16.1. The summed E-state index contributed by atoms with van der Waals surface area (Å²) < 4.78 is 14.5. The highest BCUT2D eigenvalue weighted by atomic mass is 19.1. The fraction of sp³-hybridized carbons (Fsp3) is 0.320. The fourth-order valence-corrected chi connectivity index (χ4v) is 3.96. The summed E-state index contributed by atoms with van der Waals surface area (Å²) in [5.74, 6) is 0.138. The van der Waals surface area contributed by atoms with Gasteiger partial charge in [0.1, 0.15) is 11.6 Å². The quantitative estimate of drug-likeness (QED) is 0.645. The van der Waals surface area contributed by atoms with E-state index in [4.69, 9.17) is 0 Å². The molecule has 0 spiro atoms. The second-order valence-corrected chi connectivity index (χ2v) is 8.09. The molecule has 0 bridgehead atoms. The van der Waals surface area contributed by atoms with E-state index in [1.54, 1.807) is 6.07 Å². The van der Waals surface area contributed by atoms with Crippen molar-refractivity contribution >= 4 is 11.7 Å². The van der Waals surface area contributed by atoms with Gasteiger partial charge in [0.2, 0.25) is 5.91 Å². The lowest BCUT2D eigenvalue weighted by atomic mass is 9.97. The van der Waals surface area contributed by atoms with Crippen LogP contribution in [0.5, 0.6) is 0 Å². The van der Waals surface area contributed by atoms with Crippen LogP contribution in [0.1, 0.15) is 30.9 Å². The first-order valence-corrected chi connectivity index (χ1v) is 11.0. The summed E-state index contributed by atoms with van der Waals surface area (Å²) in [6.45, 7) is 3.92. The van der Waals surface area contributed by atoms with Crippen LogP contribution >= 0.6 is 0 Å². The number of nitrogens with one attached hydrogen (secondary N) is 1. The predicted molar refractivity (Wildman–Crippen MR) is 122 cm³/mol. The number of rotatable bonds is 6. The van der Waals surface area contributed by atoms with Crippen LogP contribution in [0.3, 0.4) is 0 Å². The van der Waals surface area contributed by atoms with E-state index in [0.717, 1.165) is 31.4 Å². The minimum Gasteiger partial charge on any atom is -0.354 e. The third-order valence-electron chi connectivity index (χ3n) is 5.87. The molecule has 2 heterocycles. The van der Waals surface area contributed by atoms with Crippen molar-refractivity contribution in [2.75, 3.05) is 18.0 Å². The number of hydrogen-bond donors (Lipinski definition) is 1. The molecule has 32 heavy (non-hydrogen) atoms. The molecular formula is C25H27FN4O2. The number of aryl methyl sites for hydroxylation is 1. The first-order chi connectivity index (χ1) is 15.5. The van der Waals surface area contributed by atoms with Crippen molar-refractivity contribution < 1.29 is 9.18 Å². The Morgan fingerprint density at radius 3 is 2.50 bits per heavy atom. The average Bonchev–Trinajstić information content (AvgIpc) is 2.84. The molecule has 1 amide bonds. The highest BCUT2D eigenvalue weighted by molar-refractivity contribution is 5.79. The maximum Gasteiger partial charge on any atom is 0.271 e. The van der Waals surface area contributed by atoms with Gasteiger partial charge in [-0.2, -0.15) is 4.68 Å². The van der Waals surface area contributed by atoms with Crippen molar-refractivity contribution in [1.29, 1.82) is 0 Å². The molecule has 0 unspecified atom stereocenters. The van der Waals surface area contributed by atoms with Crippen molar-refractivity contribution in [3.8, 4) is 5.69 Å². The number of nitrogens with zero attached hydrogens (tertiary/aromatic N) is 3. The lowest BCUT2D eigenvalue weighted by Gasteiger charge is -2.33. The molecule has 166 valence electrons. The van der Waals surface area contributed by atoms with Gasteiger partial charge >= 0.3 is 0 Å². The molecule has 1 atom stereocenters. The monoisotopic (exact) mass is 434 g/mol. The molecule has 7 heteroatoms. The molecule has 1 aliphatic rings. The minimum absolute atomic E-state index is 0.0288. The molecule has 0 radical (unpaired) electrons. The van der Waals surface area contributed by atoms with Gasteiger partial charge in [0.25, 0.3) is 5.56 Å². The molecule has 0 aliphatic carbocycles. The van der Waals surface area contributed by atoms with Crippen LogP contribution in [0.4, 0.5) is 10.2 Å². The Bertz CT molecular complexity index is 1130. The number of benzene rings is 2. The van der Waals surface area contributed by atoms with E-state index in [9.17, 15) is 14.0 Å². The number of piperidine rings is 1. The SMILES string of the molecule is CCc1ccc(CNC(=O)[C@H]2CCCN(c3ccc(=O)n(-c4ccc(F)cc4)n3)C2)cc1. The second kappa shape index (κ2) is 9.77. The zero-order valence-corrected chi connectivity index (χ0v) is 18.1.